The van der Waals surface area contributed by atoms with Gasteiger partial charge in [-0.05, 0) is 70.7 Å². The maximum atomic E-state index is 6.05. The van der Waals surface area contributed by atoms with Gasteiger partial charge in [0.15, 0.2) is 5.65 Å². The highest BCUT2D eigenvalue weighted by molar-refractivity contribution is 5.76. The van der Waals surface area contributed by atoms with Crippen molar-refractivity contribution in [2.45, 2.75) is 58.5 Å². The van der Waals surface area contributed by atoms with E-state index in [1.54, 1.807) is 0 Å². The molecule has 0 saturated heterocycles. The first-order chi connectivity index (χ1) is 14.0. The standard InChI is InChI=1S/C22H30N6O/c1-4-29-19-11-9-17(10-12-19)25-20-13-21(26-18-7-5-16(23)6-8-18)27-28-15(3)14(2)24-22(20)28/h9-13,16,18,25H,4-8,23H2,1-3H3,(H,26,27). The van der Waals surface area contributed by atoms with E-state index >= 15 is 0 Å². The van der Waals surface area contributed by atoms with Crippen molar-refractivity contribution in [3.63, 3.8) is 0 Å². The summed E-state index contributed by atoms with van der Waals surface area (Å²) in [6.07, 6.45) is 4.26. The molecule has 3 aromatic rings. The number of aryl methyl sites for hydroxylation is 2. The van der Waals surface area contributed by atoms with E-state index in [2.05, 4.69) is 10.6 Å². The molecule has 0 radical (unpaired) electrons. The molecule has 4 N–H and O–H groups in total. The average molecular weight is 395 g/mol. The Bertz CT molecular complexity index is 973. The van der Waals surface area contributed by atoms with Crippen molar-refractivity contribution in [1.82, 2.24) is 14.6 Å². The number of anilines is 3. The number of rotatable bonds is 6. The number of imidazole rings is 1. The van der Waals surface area contributed by atoms with Crippen LogP contribution in [0.3, 0.4) is 0 Å². The van der Waals surface area contributed by atoms with Crippen molar-refractivity contribution in [2.24, 2.45) is 5.73 Å². The van der Waals surface area contributed by atoms with Crippen molar-refractivity contribution >= 4 is 22.8 Å². The van der Waals surface area contributed by atoms with Crippen LogP contribution in [0.25, 0.3) is 5.65 Å². The summed E-state index contributed by atoms with van der Waals surface area (Å²) in [7, 11) is 0. The van der Waals surface area contributed by atoms with Crippen LogP contribution in [0.4, 0.5) is 17.2 Å². The molecule has 0 atom stereocenters. The number of ether oxygens (including phenoxy) is 1. The van der Waals surface area contributed by atoms with E-state index in [9.17, 15) is 0 Å². The summed E-state index contributed by atoms with van der Waals surface area (Å²) in [6.45, 7) is 6.70. The van der Waals surface area contributed by atoms with Gasteiger partial charge < -0.3 is 21.1 Å². The van der Waals surface area contributed by atoms with Gasteiger partial charge in [0.25, 0.3) is 0 Å². The molecule has 0 spiro atoms. The van der Waals surface area contributed by atoms with Crippen molar-refractivity contribution in [3.8, 4) is 5.75 Å². The van der Waals surface area contributed by atoms with Gasteiger partial charge in [-0.1, -0.05) is 0 Å². The van der Waals surface area contributed by atoms with Gasteiger partial charge in [-0.25, -0.2) is 9.50 Å². The summed E-state index contributed by atoms with van der Waals surface area (Å²) >= 11 is 0. The summed E-state index contributed by atoms with van der Waals surface area (Å²) in [5.74, 6) is 1.72. The SMILES string of the molecule is CCOc1ccc(Nc2cc(NC3CCC(N)CC3)nn3c(C)c(C)nc23)cc1. The summed E-state index contributed by atoms with van der Waals surface area (Å²) in [5, 5.41) is 11.9. The Balaban J connectivity index is 1.63. The molecule has 0 amide bonds. The lowest BCUT2D eigenvalue weighted by atomic mass is 9.92. The van der Waals surface area contributed by atoms with Gasteiger partial charge in [-0.3, -0.25) is 0 Å². The monoisotopic (exact) mass is 394 g/mol. The molecule has 2 heterocycles. The number of nitrogens with two attached hydrogens (primary N) is 1. The molecule has 0 bridgehead atoms. The number of benzene rings is 1. The topological polar surface area (TPSA) is 89.5 Å². The fourth-order valence-electron chi connectivity index (χ4n) is 3.83. The Morgan fingerprint density at radius 3 is 2.55 bits per heavy atom. The van der Waals surface area contributed by atoms with Crippen LogP contribution in [0.1, 0.15) is 44.0 Å². The molecular weight excluding hydrogens is 364 g/mol. The molecule has 2 aromatic heterocycles. The lowest BCUT2D eigenvalue weighted by molar-refractivity contribution is 0.340. The average Bonchev–Trinajstić information content (AvgIpc) is 3.00. The second-order valence-corrected chi connectivity index (χ2v) is 7.80. The van der Waals surface area contributed by atoms with E-state index in [1.165, 1.54) is 0 Å². The highest BCUT2D eigenvalue weighted by Crippen LogP contribution is 2.28. The van der Waals surface area contributed by atoms with Gasteiger partial charge >= 0.3 is 0 Å². The fourth-order valence-corrected chi connectivity index (χ4v) is 3.83. The molecule has 1 aliphatic rings. The molecule has 7 nitrogen and oxygen atoms in total. The predicted octanol–water partition coefficient (Wildman–Crippen LogP) is 4.17. The van der Waals surface area contributed by atoms with E-state index in [4.69, 9.17) is 20.6 Å². The van der Waals surface area contributed by atoms with Gasteiger partial charge in [-0.2, -0.15) is 0 Å². The van der Waals surface area contributed by atoms with Crippen molar-refractivity contribution in [1.29, 1.82) is 0 Å². The van der Waals surface area contributed by atoms with Gasteiger partial charge in [0.1, 0.15) is 11.6 Å². The highest BCUT2D eigenvalue weighted by Gasteiger charge is 2.20. The third kappa shape index (κ3) is 4.29. The lowest BCUT2D eigenvalue weighted by Crippen LogP contribution is -2.33. The van der Waals surface area contributed by atoms with E-state index in [-0.39, 0.29) is 0 Å². The molecule has 0 aliphatic heterocycles. The second kappa shape index (κ2) is 8.29. The van der Waals surface area contributed by atoms with Crippen molar-refractivity contribution < 1.29 is 4.74 Å². The molecule has 1 aromatic carbocycles. The third-order valence-corrected chi connectivity index (χ3v) is 5.61. The van der Waals surface area contributed by atoms with E-state index < -0.39 is 0 Å². The zero-order valence-corrected chi connectivity index (χ0v) is 17.4. The molecule has 0 unspecified atom stereocenters. The van der Waals surface area contributed by atoms with Crippen LogP contribution in [0, 0.1) is 13.8 Å². The minimum Gasteiger partial charge on any atom is -0.494 e. The van der Waals surface area contributed by atoms with E-state index in [0.717, 1.165) is 65.7 Å². The Morgan fingerprint density at radius 1 is 1.14 bits per heavy atom. The zero-order valence-electron chi connectivity index (χ0n) is 17.4. The number of aromatic nitrogens is 3. The molecule has 1 aliphatic carbocycles. The maximum Gasteiger partial charge on any atom is 0.177 e. The molecular formula is C22H30N6O. The van der Waals surface area contributed by atoms with Gasteiger partial charge in [-0.15, -0.1) is 5.10 Å². The summed E-state index contributed by atoms with van der Waals surface area (Å²) < 4.78 is 7.46. The third-order valence-electron chi connectivity index (χ3n) is 5.61. The number of nitrogens with one attached hydrogen (secondary N) is 2. The van der Waals surface area contributed by atoms with Crippen LogP contribution in [0.5, 0.6) is 5.75 Å². The number of nitrogens with zero attached hydrogens (tertiary/aromatic N) is 3. The molecule has 1 saturated carbocycles. The molecule has 4 rings (SSSR count). The lowest BCUT2D eigenvalue weighted by Gasteiger charge is -2.27. The van der Waals surface area contributed by atoms with E-state index in [1.807, 2.05) is 55.6 Å². The molecule has 29 heavy (non-hydrogen) atoms. The highest BCUT2D eigenvalue weighted by atomic mass is 16.5. The van der Waals surface area contributed by atoms with Gasteiger partial charge in [0.05, 0.1) is 23.7 Å². The maximum absolute atomic E-state index is 6.05. The first-order valence-electron chi connectivity index (χ1n) is 10.4. The Morgan fingerprint density at radius 2 is 1.86 bits per heavy atom. The van der Waals surface area contributed by atoms with Crippen LogP contribution >= 0.6 is 0 Å². The first kappa shape index (κ1) is 19.5. The van der Waals surface area contributed by atoms with Crippen LogP contribution < -0.4 is 21.1 Å². The Labute approximate surface area is 171 Å². The minimum absolute atomic E-state index is 0.332. The van der Waals surface area contributed by atoms with Crippen molar-refractivity contribution in [3.05, 3.63) is 41.7 Å². The first-order valence-corrected chi connectivity index (χ1v) is 10.4. The fraction of sp³-hybridized carbons (Fsp3) is 0.455. The molecule has 1 fully saturated rings. The number of hydrogen-bond acceptors (Lipinski definition) is 6. The predicted molar refractivity (Wildman–Crippen MR) is 117 cm³/mol. The molecule has 154 valence electrons. The van der Waals surface area contributed by atoms with Gasteiger partial charge in [0.2, 0.25) is 0 Å². The van der Waals surface area contributed by atoms with Crippen LogP contribution in [0.15, 0.2) is 30.3 Å². The summed E-state index contributed by atoms with van der Waals surface area (Å²) in [6, 6.07) is 10.8. The normalized spacial score (nSPS) is 19.3. The summed E-state index contributed by atoms with van der Waals surface area (Å²) in [5.41, 5.74) is 10.8. The smallest absolute Gasteiger partial charge is 0.177 e. The minimum atomic E-state index is 0.332. The van der Waals surface area contributed by atoms with Gasteiger partial charge in [0, 0.05) is 23.8 Å². The Kier molecular flexibility index (Phi) is 5.58. The van der Waals surface area contributed by atoms with Crippen LogP contribution in [0.2, 0.25) is 0 Å². The second-order valence-electron chi connectivity index (χ2n) is 7.80. The van der Waals surface area contributed by atoms with Crippen LogP contribution in [-0.2, 0) is 0 Å². The zero-order chi connectivity index (χ0) is 20.4. The van der Waals surface area contributed by atoms with Crippen molar-refractivity contribution in [2.75, 3.05) is 17.2 Å². The largest absolute Gasteiger partial charge is 0.494 e. The quantitative estimate of drug-likeness (QED) is 0.581. The summed E-state index contributed by atoms with van der Waals surface area (Å²) in [4.78, 5) is 4.72. The number of hydrogen-bond donors (Lipinski definition) is 3. The van der Waals surface area contributed by atoms with Crippen LogP contribution in [-0.4, -0.2) is 33.3 Å². The van der Waals surface area contributed by atoms with E-state index in [0.29, 0.717) is 18.7 Å². The Hall–Kier alpha value is -2.80. The number of fused-ring (bicyclic) bond motifs is 1. The molecule has 7 heteroatoms.